The first-order valence-electron chi connectivity index (χ1n) is 7.24. The zero-order valence-corrected chi connectivity index (χ0v) is 14.7. The van der Waals surface area contributed by atoms with Crippen molar-refractivity contribution in [2.24, 2.45) is 5.92 Å². The van der Waals surface area contributed by atoms with Gasteiger partial charge in [-0.15, -0.1) is 11.3 Å². The van der Waals surface area contributed by atoms with E-state index in [-0.39, 0.29) is 11.7 Å². The van der Waals surface area contributed by atoms with Gasteiger partial charge in [0.25, 0.3) is 5.91 Å². The van der Waals surface area contributed by atoms with Gasteiger partial charge >= 0.3 is 0 Å². The monoisotopic (exact) mass is 339 g/mol. The highest BCUT2D eigenvalue weighted by Crippen LogP contribution is 2.15. The van der Waals surface area contributed by atoms with Crippen LogP contribution in [0.25, 0.3) is 0 Å². The molecule has 0 aliphatic rings. The van der Waals surface area contributed by atoms with Crippen molar-refractivity contribution in [1.82, 2.24) is 15.5 Å². The number of nitrogens with one attached hydrogen (secondary N) is 1. The van der Waals surface area contributed by atoms with Gasteiger partial charge in [0.15, 0.2) is 0 Å². The van der Waals surface area contributed by atoms with E-state index in [9.17, 15) is 4.79 Å². The van der Waals surface area contributed by atoms with Gasteiger partial charge in [0.1, 0.15) is 5.01 Å². The summed E-state index contributed by atoms with van der Waals surface area (Å²) < 4.78 is 5.09. The molecular formula is C15H21N3O2S2. The van der Waals surface area contributed by atoms with Crippen LogP contribution < -0.4 is 5.32 Å². The maximum absolute atomic E-state index is 12.0. The molecular weight excluding hydrogens is 318 g/mol. The largest absolute Gasteiger partial charge is 0.351 e. The van der Waals surface area contributed by atoms with Crippen LogP contribution in [0.15, 0.2) is 16.0 Å². The van der Waals surface area contributed by atoms with Crippen molar-refractivity contribution in [3.8, 4) is 0 Å². The number of rotatable bonds is 8. The van der Waals surface area contributed by atoms with Crippen molar-refractivity contribution in [2.45, 2.75) is 32.4 Å². The molecule has 0 saturated heterocycles. The minimum absolute atomic E-state index is 0.220. The lowest BCUT2D eigenvalue weighted by atomic mass is 10.1. The lowest BCUT2D eigenvalue weighted by Gasteiger charge is -2.00. The Labute approximate surface area is 138 Å². The molecule has 1 amide bonds. The van der Waals surface area contributed by atoms with Gasteiger partial charge in [-0.2, -0.15) is 11.8 Å². The van der Waals surface area contributed by atoms with Crippen LogP contribution in [0.5, 0.6) is 0 Å². The molecule has 0 aliphatic heterocycles. The first-order chi connectivity index (χ1) is 10.6. The van der Waals surface area contributed by atoms with Crippen molar-refractivity contribution in [3.63, 3.8) is 0 Å². The Kier molecular flexibility index (Phi) is 6.45. The standard InChI is InChI=1S/C15H21N3O2S2/c1-10(2)6-12-7-13(20-18-12)15(19)16-5-4-11-8-22-14(17-11)9-21-3/h7-8,10H,4-6,9H2,1-3H3,(H,16,19). The molecule has 0 saturated carbocycles. The highest BCUT2D eigenvalue weighted by atomic mass is 32.2. The van der Waals surface area contributed by atoms with Crippen molar-refractivity contribution >= 4 is 29.0 Å². The molecule has 0 spiro atoms. The minimum atomic E-state index is -0.220. The van der Waals surface area contributed by atoms with E-state index >= 15 is 0 Å². The second-order valence-corrected chi connectivity index (χ2v) is 7.26. The van der Waals surface area contributed by atoms with Crippen LogP contribution in [0.4, 0.5) is 0 Å². The van der Waals surface area contributed by atoms with Crippen LogP contribution in [0.3, 0.4) is 0 Å². The molecule has 0 aromatic carbocycles. The smallest absolute Gasteiger partial charge is 0.289 e. The number of thioether (sulfide) groups is 1. The summed E-state index contributed by atoms with van der Waals surface area (Å²) in [6.45, 7) is 4.75. The molecule has 0 unspecified atom stereocenters. The second kappa shape index (κ2) is 8.33. The number of nitrogens with zero attached hydrogens (tertiary/aromatic N) is 2. The normalized spacial score (nSPS) is 11.1. The summed E-state index contributed by atoms with van der Waals surface area (Å²) in [5.41, 5.74) is 1.84. The lowest BCUT2D eigenvalue weighted by Crippen LogP contribution is -2.25. The zero-order valence-electron chi connectivity index (χ0n) is 13.1. The van der Waals surface area contributed by atoms with E-state index in [1.807, 2.05) is 5.38 Å². The topological polar surface area (TPSA) is 68.0 Å². The molecule has 2 aromatic heterocycles. The number of hydrogen-bond acceptors (Lipinski definition) is 6. The third-order valence-electron chi connectivity index (χ3n) is 2.93. The molecule has 0 radical (unpaired) electrons. The molecule has 0 aliphatic carbocycles. The number of carbonyl (C=O) groups excluding carboxylic acids is 1. The molecule has 22 heavy (non-hydrogen) atoms. The molecule has 7 heteroatoms. The van der Waals surface area contributed by atoms with Crippen LogP contribution in [0.1, 0.15) is 40.8 Å². The van der Waals surface area contributed by atoms with E-state index < -0.39 is 0 Å². The van der Waals surface area contributed by atoms with Crippen molar-refractivity contribution in [1.29, 1.82) is 0 Å². The summed E-state index contributed by atoms with van der Waals surface area (Å²) in [4.78, 5) is 16.5. The summed E-state index contributed by atoms with van der Waals surface area (Å²) in [5.74, 6) is 1.48. The Balaban J connectivity index is 1.78. The predicted molar refractivity (Wildman–Crippen MR) is 90.4 cm³/mol. The third-order valence-corrected chi connectivity index (χ3v) is 4.58. The fraction of sp³-hybridized carbons (Fsp3) is 0.533. The maximum Gasteiger partial charge on any atom is 0.289 e. The Morgan fingerprint density at radius 3 is 3.00 bits per heavy atom. The van der Waals surface area contributed by atoms with E-state index in [4.69, 9.17) is 4.52 Å². The molecule has 2 heterocycles. The molecule has 2 aromatic rings. The molecule has 0 fully saturated rings. The van der Waals surface area contributed by atoms with E-state index in [2.05, 4.69) is 35.6 Å². The summed E-state index contributed by atoms with van der Waals surface area (Å²) >= 11 is 3.42. The number of amides is 1. The fourth-order valence-corrected chi connectivity index (χ4v) is 3.53. The average Bonchev–Trinajstić information content (AvgIpc) is 3.08. The first-order valence-corrected chi connectivity index (χ1v) is 9.52. The van der Waals surface area contributed by atoms with Gasteiger partial charge in [0.2, 0.25) is 5.76 Å². The van der Waals surface area contributed by atoms with Gasteiger partial charge in [-0.25, -0.2) is 4.98 Å². The third kappa shape index (κ3) is 5.14. The zero-order chi connectivity index (χ0) is 15.9. The van der Waals surface area contributed by atoms with Crippen molar-refractivity contribution in [2.75, 3.05) is 12.8 Å². The Morgan fingerprint density at radius 1 is 1.45 bits per heavy atom. The molecule has 2 rings (SSSR count). The predicted octanol–water partition coefficient (Wildman–Crippen LogP) is 3.17. The lowest BCUT2D eigenvalue weighted by molar-refractivity contribution is 0.0917. The van der Waals surface area contributed by atoms with Crippen molar-refractivity contribution in [3.05, 3.63) is 33.6 Å². The first kappa shape index (κ1) is 17.0. The van der Waals surface area contributed by atoms with E-state index in [1.54, 1.807) is 29.2 Å². The van der Waals surface area contributed by atoms with Gasteiger partial charge < -0.3 is 9.84 Å². The van der Waals surface area contributed by atoms with Crippen LogP contribution in [0.2, 0.25) is 0 Å². The van der Waals surface area contributed by atoms with Gasteiger partial charge in [-0.05, 0) is 18.6 Å². The van der Waals surface area contributed by atoms with Gasteiger partial charge in [0.05, 0.1) is 11.4 Å². The molecule has 5 nitrogen and oxygen atoms in total. The summed E-state index contributed by atoms with van der Waals surface area (Å²) in [7, 11) is 0. The SMILES string of the molecule is CSCc1nc(CCNC(=O)c2cc(CC(C)C)no2)cs1. The number of aromatic nitrogens is 2. The molecule has 120 valence electrons. The van der Waals surface area contributed by atoms with E-state index in [0.717, 1.165) is 35.0 Å². The Bertz CT molecular complexity index is 607. The summed E-state index contributed by atoms with van der Waals surface area (Å²) in [6, 6.07) is 1.72. The minimum Gasteiger partial charge on any atom is -0.351 e. The van der Waals surface area contributed by atoms with Crippen LogP contribution in [-0.2, 0) is 18.6 Å². The number of thiazole rings is 1. The van der Waals surface area contributed by atoms with Crippen LogP contribution in [-0.4, -0.2) is 28.8 Å². The maximum atomic E-state index is 12.0. The molecule has 0 atom stereocenters. The molecule has 1 N–H and O–H groups in total. The quantitative estimate of drug-likeness (QED) is 0.800. The average molecular weight is 339 g/mol. The number of carbonyl (C=O) groups is 1. The summed E-state index contributed by atoms with van der Waals surface area (Å²) in [5, 5.41) is 9.94. The van der Waals surface area contributed by atoms with Gasteiger partial charge in [0, 0.05) is 30.2 Å². The number of hydrogen-bond donors (Lipinski definition) is 1. The van der Waals surface area contributed by atoms with E-state index in [1.165, 1.54) is 0 Å². The Hall–Kier alpha value is -1.34. The summed E-state index contributed by atoms with van der Waals surface area (Å²) in [6.07, 6.45) is 3.60. The van der Waals surface area contributed by atoms with Crippen LogP contribution in [0, 0.1) is 5.92 Å². The highest BCUT2D eigenvalue weighted by Gasteiger charge is 2.13. The van der Waals surface area contributed by atoms with E-state index in [0.29, 0.717) is 12.5 Å². The second-order valence-electron chi connectivity index (χ2n) is 5.45. The Morgan fingerprint density at radius 2 is 2.27 bits per heavy atom. The van der Waals surface area contributed by atoms with Gasteiger partial charge in [-0.3, -0.25) is 4.79 Å². The fourth-order valence-electron chi connectivity index (χ4n) is 1.98. The van der Waals surface area contributed by atoms with Crippen LogP contribution >= 0.6 is 23.1 Å². The molecule has 0 bridgehead atoms. The highest BCUT2D eigenvalue weighted by molar-refractivity contribution is 7.97. The van der Waals surface area contributed by atoms with Gasteiger partial charge in [-0.1, -0.05) is 19.0 Å². The van der Waals surface area contributed by atoms with Crippen molar-refractivity contribution < 1.29 is 9.32 Å².